The smallest absolute Gasteiger partial charge is 0.378 e. The number of rotatable bonds is 20. The van der Waals surface area contributed by atoms with Crippen LogP contribution in [0.15, 0.2) is 0 Å². The van der Waals surface area contributed by atoms with Crippen LogP contribution in [0.25, 0.3) is 0 Å². The average Bonchev–Trinajstić information content (AvgIpc) is 2.75. The van der Waals surface area contributed by atoms with Crippen molar-refractivity contribution >= 4 is 10.4 Å². The Hall–Kier alpha value is -0.210. The van der Waals surface area contributed by atoms with Gasteiger partial charge in [-0.1, -0.05) is 104 Å². The molecule has 1 aliphatic rings. The number of nitrogens with zero attached hydrogens (tertiary/aromatic N) is 1. The fraction of sp³-hybridized carbons (Fsp3) is 1.00. The molecule has 0 aromatic carbocycles. The molecule has 0 saturated carbocycles. The van der Waals surface area contributed by atoms with Crippen molar-refractivity contribution in [2.24, 2.45) is 5.92 Å². The third-order valence-corrected chi connectivity index (χ3v) is 7.02. The molecule has 1 N–H and O–H groups in total. The zero-order valence-corrected chi connectivity index (χ0v) is 21.0. The highest BCUT2D eigenvalue weighted by Crippen LogP contribution is 2.23. The predicted molar refractivity (Wildman–Crippen MR) is 128 cm³/mol. The second-order valence-corrected chi connectivity index (χ2v) is 10.2. The van der Waals surface area contributed by atoms with Gasteiger partial charge in [0.05, 0.1) is 19.8 Å². The van der Waals surface area contributed by atoms with Gasteiger partial charge in [0.2, 0.25) is 0 Å². The SMILES string of the molecule is CCCCCCCCCCCCCCCCC(COS(=O)(=O)O)C1COCCN1CC. The van der Waals surface area contributed by atoms with Gasteiger partial charge in [-0.2, -0.15) is 8.42 Å². The van der Waals surface area contributed by atoms with E-state index < -0.39 is 10.4 Å². The Morgan fingerprint density at radius 1 is 0.903 bits per heavy atom. The number of ether oxygens (including phenoxy) is 1. The summed E-state index contributed by atoms with van der Waals surface area (Å²) < 4.78 is 41.5. The molecule has 0 aromatic heterocycles. The van der Waals surface area contributed by atoms with Gasteiger partial charge < -0.3 is 4.74 Å². The molecular formula is C24H49NO5S. The van der Waals surface area contributed by atoms with Crippen LogP contribution in [0.5, 0.6) is 0 Å². The van der Waals surface area contributed by atoms with E-state index in [4.69, 9.17) is 13.5 Å². The minimum Gasteiger partial charge on any atom is -0.378 e. The van der Waals surface area contributed by atoms with Gasteiger partial charge in [-0.05, 0) is 13.0 Å². The molecule has 0 radical (unpaired) electrons. The molecule has 1 saturated heterocycles. The molecule has 1 fully saturated rings. The Morgan fingerprint density at radius 2 is 1.42 bits per heavy atom. The molecule has 1 heterocycles. The summed E-state index contributed by atoms with van der Waals surface area (Å²) in [7, 11) is -4.40. The highest BCUT2D eigenvalue weighted by Gasteiger charge is 2.30. The Labute approximate surface area is 192 Å². The monoisotopic (exact) mass is 463 g/mol. The maximum Gasteiger partial charge on any atom is 0.397 e. The zero-order valence-electron chi connectivity index (χ0n) is 20.2. The first kappa shape index (κ1) is 28.8. The van der Waals surface area contributed by atoms with Crippen LogP contribution < -0.4 is 0 Å². The molecule has 0 bridgehead atoms. The molecule has 0 spiro atoms. The lowest BCUT2D eigenvalue weighted by molar-refractivity contribution is -0.0375. The van der Waals surface area contributed by atoms with Crippen molar-refractivity contribution < 1.29 is 21.9 Å². The lowest BCUT2D eigenvalue weighted by atomic mass is 9.92. The number of unbranched alkanes of at least 4 members (excludes halogenated alkanes) is 13. The molecule has 31 heavy (non-hydrogen) atoms. The topological polar surface area (TPSA) is 76.1 Å². The minimum atomic E-state index is -4.40. The van der Waals surface area contributed by atoms with Crippen LogP contribution in [0.4, 0.5) is 0 Å². The lowest BCUT2D eigenvalue weighted by Crippen LogP contribution is -2.50. The molecule has 2 unspecified atom stereocenters. The van der Waals surface area contributed by atoms with Gasteiger partial charge in [-0.15, -0.1) is 0 Å². The zero-order chi connectivity index (χ0) is 22.8. The number of hydrogen-bond acceptors (Lipinski definition) is 5. The maximum absolute atomic E-state index is 11.1. The summed E-state index contributed by atoms with van der Waals surface area (Å²) in [5.41, 5.74) is 0. The van der Waals surface area contributed by atoms with E-state index in [1.54, 1.807) is 0 Å². The molecule has 0 aliphatic carbocycles. The highest BCUT2D eigenvalue weighted by molar-refractivity contribution is 7.80. The van der Waals surface area contributed by atoms with Crippen molar-refractivity contribution in [2.45, 2.75) is 116 Å². The second-order valence-electron chi connectivity index (χ2n) is 9.13. The third kappa shape index (κ3) is 15.3. The summed E-state index contributed by atoms with van der Waals surface area (Å²) >= 11 is 0. The number of likely N-dealkylation sites (N-methyl/N-ethyl adjacent to an activating group) is 1. The third-order valence-electron chi connectivity index (χ3n) is 6.59. The molecule has 186 valence electrons. The van der Waals surface area contributed by atoms with Gasteiger partial charge in [0.1, 0.15) is 0 Å². The Bertz CT molecular complexity index is 514. The fourth-order valence-corrected chi connectivity index (χ4v) is 4.99. The van der Waals surface area contributed by atoms with Crippen molar-refractivity contribution in [3.8, 4) is 0 Å². The largest absolute Gasteiger partial charge is 0.397 e. The van der Waals surface area contributed by atoms with E-state index in [0.717, 1.165) is 32.5 Å². The Kier molecular flexibility index (Phi) is 17.0. The first-order valence-corrected chi connectivity index (χ1v) is 14.3. The van der Waals surface area contributed by atoms with E-state index in [1.807, 2.05) is 0 Å². The van der Waals surface area contributed by atoms with Crippen molar-refractivity contribution in [3.63, 3.8) is 0 Å². The van der Waals surface area contributed by atoms with Crippen LogP contribution in [-0.4, -0.2) is 56.8 Å². The van der Waals surface area contributed by atoms with E-state index in [9.17, 15) is 8.42 Å². The summed E-state index contributed by atoms with van der Waals surface area (Å²) in [4.78, 5) is 2.34. The summed E-state index contributed by atoms with van der Waals surface area (Å²) in [6.45, 7) is 7.51. The molecule has 1 aliphatic heterocycles. The molecule has 6 nitrogen and oxygen atoms in total. The van der Waals surface area contributed by atoms with E-state index in [2.05, 4.69) is 18.7 Å². The van der Waals surface area contributed by atoms with Gasteiger partial charge in [0.15, 0.2) is 0 Å². The molecule has 2 atom stereocenters. The second kappa shape index (κ2) is 18.2. The molecule has 0 aromatic rings. The first-order chi connectivity index (χ1) is 15.0. The summed E-state index contributed by atoms with van der Waals surface area (Å²) in [5, 5.41) is 0. The van der Waals surface area contributed by atoms with Gasteiger partial charge in [0, 0.05) is 18.5 Å². The fourth-order valence-electron chi connectivity index (χ4n) is 4.65. The molecule has 1 rings (SSSR count). The molecule has 0 amide bonds. The molecule has 7 heteroatoms. The van der Waals surface area contributed by atoms with Crippen molar-refractivity contribution in [1.82, 2.24) is 4.90 Å². The van der Waals surface area contributed by atoms with Gasteiger partial charge >= 0.3 is 10.4 Å². The Morgan fingerprint density at radius 3 is 1.90 bits per heavy atom. The van der Waals surface area contributed by atoms with Crippen molar-refractivity contribution in [2.75, 3.05) is 32.9 Å². The lowest BCUT2D eigenvalue weighted by Gasteiger charge is -2.39. The maximum atomic E-state index is 11.1. The number of morpholine rings is 1. The highest BCUT2D eigenvalue weighted by atomic mass is 32.3. The van der Waals surface area contributed by atoms with Crippen LogP contribution in [0, 0.1) is 5.92 Å². The quantitative estimate of drug-likeness (QED) is 0.176. The van der Waals surface area contributed by atoms with E-state index >= 15 is 0 Å². The van der Waals surface area contributed by atoms with E-state index in [1.165, 1.54) is 83.5 Å². The predicted octanol–water partition coefficient (Wildman–Crippen LogP) is 6.01. The van der Waals surface area contributed by atoms with Gasteiger partial charge in [-0.3, -0.25) is 9.45 Å². The summed E-state index contributed by atoms with van der Waals surface area (Å²) in [6, 6.07) is 0.155. The Balaban J connectivity index is 2.13. The summed E-state index contributed by atoms with van der Waals surface area (Å²) in [6.07, 6.45) is 19.4. The van der Waals surface area contributed by atoms with Crippen LogP contribution in [0.1, 0.15) is 110 Å². The number of hydrogen-bond donors (Lipinski definition) is 1. The van der Waals surface area contributed by atoms with E-state index in [-0.39, 0.29) is 18.6 Å². The van der Waals surface area contributed by atoms with Crippen LogP contribution in [-0.2, 0) is 19.3 Å². The average molecular weight is 464 g/mol. The normalized spacial score (nSPS) is 19.0. The first-order valence-electron chi connectivity index (χ1n) is 12.9. The standard InChI is InChI=1S/C24H49NO5S/c1-3-5-6-7-8-9-10-11-12-13-14-15-16-17-18-23(21-30-31(26,27)28)24-22-29-20-19-25(24)4-2/h23-24H,3-22H2,1-2H3,(H,26,27,28). The molecular weight excluding hydrogens is 414 g/mol. The summed E-state index contributed by atoms with van der Waals surface area (Å²) in [5.74, 6) is 0.0551. The van der Waals surface area contributed by atoms with Gasteiger partial charge in [-0.25, -0.2) is 4.18 Å². The van der Waals surface area contributed by atoms with E-state index in [0.29, 0.717) is 6.61 Å². The van der Waals surface area contributed by atoms with Crippen molar-refractivity contribution in [3.05, 3.63) is 0 Å². The van der Waals surface area contributed by atoms with Crippen LogP contribution in [0.2, 0.25) is 0 Å². The minimum absolute atomic E-state index is 0.0296. The van der Waals surface area contributed by atoms with Gasteiger partial charge in [0.25, 0.3) is 0 Å². The van der Waals surface area contributed by atoms with Crippen molar-refractivity contribution in [1.29, 1.82) is 0 Å². The van der Waals surface area contributed by atoms with Crippen LogP contribution in [0.3, 0.4) is 0 Å². The van der Waals surface area contributed by atoms with Crippen LogP contribution >= 0.6 is 0 Å².